The van der Waals surface area contributed by atoms with E-state index >= 15 is 0 Å². The van der Waals surface area contributed by atoms with Crippen molar-refractivity contribution in [2.75, 3.05) is 18.9 Å². The first kappa shape index (κ1) is 31.4. The number of ether oxygens (including phenoxy) is 1. The Balaban J connectivity index is 0.000000133. The third kappa shape index (κ3) is 8.73. The van der Waals surface area contributed by atoms with Gasteiger partial charge in [0.05, 0.1) is 12.3 Å². The van der Waals surface area contributed by atoms with E-state index < -0.39 is 11.9 Å². The number of allylic oxidation sites excluding steroid dienone is 1. The Labute approximate surface area is 262 Å². The monoisotopic (exact) mass is 714 g/mol. The Bertz CT molecular complexity index is 1650. The first-order chi connectivity index (χ1) is 20.1. The number of nitrogens with one attached hydrogen (secondary N) is 1. The van der Waals surface area contributed by atoms with E-state index in [1.807, 2.05) is 48.5 Å². The zero-order valence-corrected chi connectivity index (χ0v) is 26.2. The van der Waals surface area contributed by atoms with E-state index in [-0.39, 0.29) is 5.69 Å². The lowest BCUT2D eigenvalue weighted by Crippen LogP contribution is -2.18. The number of anilines is 1. The van der Waals surface area contributed by atoms with Crippen LogP contribution in [0, 0.1) is 0 Å². The standard InChI is InChI=1S/C9H6BrNO2.C9H5BrO2S.C8H8N2.C4H9NO/c10-6-2-1-5-3-8(9(12)13)11-7(5)4-6;10-6-2-1-5-3-8(9(11)12)13-7(5)4-6;9-8-5-4-6-2-1-3-7(6)10-8;5-4-1-2-6-3-4/h1-4,11H,(H,12,13);1-4H,(H,11,12);1-2,4-5H,3H2,(H2,9,10);4H,1-3,5H2. The maximum atomic E-state index is 10.7. The van der Waals surface area contributed by atoms with Crippen molar-refractivity contribution in [1.82, 2.24) is 9.97 Å². The van der Waals surface area contributed by atoms with Crippen molar-refractivity contribution >= 4 is 88.0 Å². The predicted molar refractivity (Wildman–Crippen MR) is 174 cm³/mol. The predicted octanol–water partition coefficient (Wildman–Crippen LogP) is 6.96. The van der Waals surface area contributed by atoms with Crippen molar-refractivity contribution in [2.45, 2.75) is 18.9 Å². The van der Waals surface area contributed by atoms with Gasteiger partial charge in [-0.05, 0) is 65.9 Å². The number of aromatic nitrogens is 2. The van der Waals surface area contributed by atoms with Gasteiger partial charge in [-0.1, -0.05) is 56.1 Å². The number of pyridine rings is 1. The van der Waals surface area contributed by atoms with Gasteiger partial charge in [0.25, 0.3) is 0 Å². The van der Waals surface area contributed by atoms with Crippen LogP contribution in [0.15, 0.2) is 75.7 Å². The summed E-state index contributed by atoms with van der Waals surface area (Å²) in [7, 11) is 0. The average molecular weight is 716 g/mol. The second kappa shape index (κ2) is 14.6. The van der Waals surface area contributed by atoms with Crippen LogP contribution in [0.5, 0.6) is 0 Å². The van der Waals surface area contributed by atoms with Gasteiger partial charge in [-0.2, -0.15) is 0 Å². The van der Waals surface area contributed by atoms with E-state index in [1.165, 1.54) is 16.9 Å². The number of benzene rings is 2. The minimum Gasteiger partial charge on any atom is -0.477 e. The molecule has 12 heteroatoms. The lowest BCUT2D eigenvalue weighted by atomic mass is 10.2. The lowest BCUT2D eigenvalue weighted by Gasteiger charge is -1.96. The van der Waals surface area contributed by atoms with Crippen molar-refractivity contribution in [3.63, 3.8) is 0 Å². The number of nitrogens with zero attached hydrogens (tertiary/aromatic N) is 1. The average Bonchev–Trinajstić information content (AvgIpc) is 3.75. The maximum absolute atomic E-state index is 10.7. The highest BCUT2D eigenvalue weighted by atomic mass is 79.9. The molecule has 0 bridgehead atoms. The van der Waals surface area contributed by atoms with Gasteiger partial charge >= 0.3 is 11.9 Å². The highest BCUT2D eigenvalue weighted by Crippen LogP contribution is 2.28. The molecule has 7 N–H and O–H groups in total. The molecule has 1 atom stereocenters. The molecule has 4 heterocycles. The third-order valence-corrected chi connectivity index (χ3v) is 8.18. The summed E-state index contributed by atoms with van der Waals surface area (Å²) in [5.41, 5.74) is 14.2. The third-order valence-electron chi connectivity index (χ3n) is 6.11. The summed E-state index contributed by atoms with van der Waals surface area (Å²) < 4.78 is 7.82. The number of aromatic amines is 1. The Hall–Kier alpha value is -3.55. The summed E-state index contributed by atoms with van der Waals surface area (Å²) in [6, 6.07) is 18.8. The van der Waals surface area contributed by atoms with Gasteiger partial charge in [-0.25, -0.2) is 14.6 Å². The number of aromatic carboxylic acids is 2. The van der Waals surface area contributed by atoms with E-state index in [1.54, 1.807) is 12.1 Å². The zero-order chi connectivity index (χ0) is 30.2. The van der Waals surface area contributed by atoms with Crippen LogP contribution < -0.4 is 11.5 Å². The molecule has 1 saturated heterocycles. The molecule has 218 valence electrons. The number of nitrogen functional groups attached to an aromatic ring is 1. The first-order valence-electron chi connectivity index (χ1n) is 12.8. The van der Waals surface area contributed by atoms with Gasteiger partial charge in [-0.3, -0.25) is 0 Å². The summed E-state index contributed by atoms with van der Waals surface area (Å²) in [5.74, 6) is -1.19. The van der Waals surface area contributed by atoms with Crippen LogP contribution in [-0.2, 0) is 11.2 Å². The van der Waals surface area contributed by atoms with Gasteiger partial charge in [0.2, 0.25) is 0 Å². The summed E-state index contributed by atoms with van der Waals surface area (Å²) in [5, 5.41) is 19.3. The summed E-state index contributed by atoms with van der Waals surface area (Å²) >= 11 is 7.94. The molecule has 2 aromatic carbocycles. The van der Waals surface area contributed by atoms with Crippen molar-refractivity contribution in [3.05, 3.63) is 97.5 Å². The van der Waals surface area contributed by atoms with Crippen molar-refractivity contribution in [3.8, 4) is 0 Å². The molecule has 0 saturated carbocycles. The summed E-state index contributed by atoms with van der Waals surface area (Å²) in [4.78, 5) is 28.6. The Morgan fingerprint density at radius 2 is 1.71 bits per heavy atom. The highest BCUT2D eigenvalue weighted by molar-refractivity contribution is 9.10. The number of nitrogens with two attached hydrogens (primary N) is 2. The minimum atomic E-state index is -0.938. The van der Waals surface area contributed by atoms with E-state index in [9.17, 15) is 9.59 Å². The number of rotatable bonds is 2. The molecule has 1 fully saturated rings. The molecule has 42 heavy (non-hydrogen) atoms. The molecular formula is C30H28Br2N4O5S. The van der Waals surface area contributed by atoms with Crippen molar-refractivity contribution < 1.29 is 24.5 Å². The van der Waals surface area contributed by atoms with Crippen LogP contribution in [0.25, 0.3) is 27.1 Å². The zero-order valence-electron chi connectivity index (χ0n) is 22.2. The number of H-pyrrole nitrogens is 1. The van der Waals surface area contributed by atoms with Gasteiger partial charge in [0, 0.05) is 43.6 Å². The van der Waals surface area contributed by atoms with Crippen LogP contribution in [0.3, 0.4) is 0 Å². The first-order valence-corrected chi connectivity index (χ1v) is 15.2. The molecule has 2 aliphatic rings. The van der Waals surface area contributed by atoms with Gasteiger partial charge in [0.15, 0.2) is 0 Å². The number of hydrogen-bond acceptors (Lipinski definition) is 7. The number of carboxylic acid groups (broad SMARTS) is 2. The second-order valence-electron chi connectivity index (χ2n) is 9.32. The molecule has 1 unspecified atom stereocenters. The molecule has 0 amide bonds. The molecule has 1 aliphatic carbocycles. The van der Waals surface area contributed by atoms with Crippen molar-refractivity contribution in [2.24, 2.45) is 5.73 Å². The molecule has 1 aliphatic heterocycles. The second-order valence-corrected chi connectivity index (χ2v) is 12.2. The quantitative estimate of drug-likeness (QED) is 0.131. The largest absolute Gasteiger partial charge is 0.477 e. The van der Waals surface area contributed by atoms with Crippen LogP contribution in [0.1, 0.15) is 37.8 Å². The molecule has 7 rings (SSSR count). The van der Waals surface area contributed by atoms with E-state index in [0.717, 1.165) is 61.7 Å². The fourth-order valence-electron chi connectivity index (χ4n) is 4.02. The molecule has 9 nitrogen and oxygen atoms in total. The molecule has 5 aromatic rings. The van der Waals surface area contributed by atoms with Gasteiger partial charge in [0.1, 0.15) is 16.4 Å². The van der Waals surface area contributed by atoms with E-state index in [2.05, 4.69) is 54.0 Å². The number of carboxylic acids is 2. The number of carbonyl (C=O) groups is 2. The van der Waals surface area contributed by atoms with Crippen LogP contribution >= 0.6 is 43.2 Å². The van der Waals surface area contributed by atoms with Crippen LogP contribution in [0.2, 0.25) is 0 Å². The number of fused-ring (bicyclic) bond motifs is 3. The summed E-state index contributed by atoms with van der Waals surface area (Å²) in [6.07, 6.45) is 6.14. The van der Waals surface area contributed by atoms with E-state index in [0.29, 0.717) is 16.7 Å². The number of halogens is 2. The van der Waals surface area contributed by atoms with E-state index in [4.69, 9.17) is 26.4 Å². The Kier molecular flexibility index (Phi) is 10.9. The molecule has 3 aromatic heterocycles. The Morgan fingerprint density at radius 1 is 0.976 bits per heavy atom. The van der Waals surface area contributed by atoms with Crippen LogP contribution in [0.4, 0.5) is 5.82 Å². The van der Waals surface area contributed by atoms with Gasteiger partial charge in [-0.15, -0.1) is 11.3 Å². The maximum Gasteiger partial charge on any atom is 0.352 e. The van der Waals surface area contributed by atoms with Crippen LogP contribution in [-0.4, -0.2) is 51.4 Å². The lowest BCUT2D eigenvalue weighted by molar-refractivity contribution is 0.0685. The topological polar surface area (TPSA) is 165 Å². The Morgan fingerprint density at radius 3 is 2.36 bits per heavy atom. The molecule has 0 spiro atoms. The highest BCUT2D eigenvalue weighted by Gasteiger charge is 2.09. The minimum absolute atomic E-state index is 0.216. The number of hydrogen-bond donors (Lipinski definition) is 5. The van der Waals surface area contributed by atoms with Crippen molar-refractivity contribution in [1.29, 1.82) is 0 Å². The number of thiophene rings is 1. The summed E-state index contributed by atoms with van der Waals surface area (Å²) in [6.45, 7) is 1.63. The van der Waals surface area contributed by atoms with Gasteiger partial charge < -0.3 is 31.4 Å². The fourth-order valence-corrected chi connectivity index (χ4v) is 5.83. The fraction of sp³-hybridized carbons (Fsp3) is 0.167. The smallest absolute Gasteiger partial charge is 0.352 e. The molecular weight excluding hydrogens is 688 g/mol. The molecule has 0 radical (unpaired) electrons. The normalized spacial score (nSPS) is 14.7. The SMILES string of the molecule is NC1CCOC1.Nc1ccc2c(n1)CC=C2.O=C(O)c1cc2ccc(Br)cc2[nH]1.O=C(O)c1cc2ccc(Br)cc2s1.